The Hall–Kier alpha value is -6.46. The van der Waals surface area contributed by atoms with Crippen LogP contribution in [0.2, 0.25) is 0 Å². The molecule has 9 aromatic rings. The third-order valence-electron chi connectivity index (χ3n) is 9.57. The molecule has 0 saturated heterocycles. The van der Waals surface area contributed by atoms with Gasteiger partial charge >= 0.3 is 0 Å². The quantitative estimate of drug-likeness (QED) is 0.131. The zero-order chi connectivity index (χ0) is 34.5. The Kier molecular flexibility index (Phi) is 7.29. The van der Waals surface area contributed by atoms with Gasteiger partial charge in [-0.25, -0.2) is 4.98 Å². The fraction of sp³-hybridized carbons (Fsp3) is 0.0870. The van der Waals surface area contributed by atoms with Gasteiger partial charge in [0.1, 0.15) is 17.3 Å². The van der Waals surface area contributed by atoms with Gasteiger partial charge in [-0.05, 0) is 71.1 Å². The van der Waals surface area contributed by atoms with Crippen molar-refractivity contribution < 1.29 is 9.30 Å². The molecule has 0 atom stereocenters. The molecule has 5 heteroatoms. The van der Waals surface area contributed by atoms with Crippen molar-refractivity contribution in [1.82, 2.24) is 14.1 Å². The first-order valence-corrected chi connectivity index (χ1v) is 17.3. The van der Waals surface area contributed by atoms with Crippen LogP contribution in [-0.2, 0) is 5.41 Å². The van der Waals surface area contributed by atoms with Crippen LogP contribution in [0.25, 0.3) is 61.2 Å². The van der Waals surface area contributed by atoms with E-state index in [9.17, 15) is 0 Å². The number of hydrogen-bond donors (Lipinski definition) is 0. The molecule has 9 rings (SSSR count). The minimum absolute atomic E-state index is 0.0269. The minimum atomic E-state index is -0.0269. The molecule has 246 valence electrons. The number of rotatable bonds is 6. The third-order valence-corrected chi connectivity index (χ3v) is 9.57. The van der Waals surface area contributed by atoms with Gasteiger partial charge < -0.3 is 4.74 Å². The molecule has 0 unspecified atom stereocenters. The first-order valence-electron chi connectivity index (χ1n) is 17.3. The maximum Gasteiger partial charge on any atom is 0.269 e. The summed E-state index contributed by atoms with van der Waals surface area (Å²) in [5.74, 6) is 2.37. The van der Waals surface area contributed by atoms with E-state index in [-0.39, 0.29) is 5.41 Å². The lowest BCUT2D eigenvalue weighted by molar-refractivity contribution is -0.572. The molecular weight excluding hydrogens is 625 g/mol. The number of fused-ring (bicyclic) bond motifs is 4. The molecule has 0 aliphatic rings. The van der Waals surface area contributed by atoms with Crippen molar-refractivity contribution in [1.29, 1.82) is 0 Å². The highest BCUT2D eigenvalue weighted by Crippen LogP contribution is 2.40. The Labute approximate surface area is 297 Å². The van der Waals surface area contributed by atoms with Crippen LogP contribution in [0.3, 0.4) is 0 Å². The lowest BCUT2D eigenvalue weighted by Crippen LogP contribution is -2.29. The van der Waals surface area contributed by atoms with E-state index in [2.05, 4.69) is 168 Å². The summed E-state index contributed by atoms with van der Waals surface area (Å²) in [7, 11) is 0. The molecule has 0 spiro atoms. The molecule has 0 amide bonds. The molecule has 3 heterocycles. The highest BCUT2D eigenvalue weighted by atomic mass is 16.5. The molecule has 0 fully saturated rings. The molecule has 0 aliphatic carbocycles. The second kappa shape index (κ2) is 12.1. The van der Waals surface area contributed by atoms with Crippen LogP contribution in [0.1, 0.15) is 26.3 Å². The molecule has 3 aromatic heterocycles. The van der Waals surface area contributed by atoms with Gasteiger partial charge in [-0.3, -0.25) is 13.7 Å². The lowest BCUT2D eigenvalue weighted by atomic mass is 9.88. The first-order chi connectivity index (χ1) is 24.9. The van der Waals surface area contributed by atoms with Crippen molar-refractivity contribution in [2.24, 2.45) is 0 Å². The van der Waals surface area contributed by atoms with Crippen LogP contribution in [0.15, 0.2) is 164 Å². The van der Waals surface area contributed by atoms with Crippen LogP contribution < -0.4 is 9.30 Å². The number of aromatic nitrogens is 4. The highest BCUT2D eigenvalue weighted by Gasteiger charge is 2.21. The van der Waals surface area contributed by atoms with Gasteiger partial charge in [-0.15, -0.1) is 0 Å². The molecule has 0 saturated carbocycles. The van der Waals surface area contributed by atoms with Gasteiger partial charge in [-0.2, -0.15) is 0 Å². The lowest BCUT2D eigenvalue weighted by Gasteiger charge is -2.20. The zero-order valence-electron chi connectivity index (χ0n) is 28.8. The molecular formula is C46H36N4O. The topological polar surface area (TPSA) is 35.9 Å². The SMILES string of the molecule is CC(C)(C)c1ccnc(-n2c3cc(Oc4cccc(-n5[c-][n+](-c6ccccc6)c6ccccc65)c4)ccc3c3cccc(-c4ccccc4)c32)c1. The van der Waals surface area contributed by atoms with Crippen LogP contribution in [0.5, 0.6) is 11.5 Å². The van der Waals surface area contributed by atoms with Gasteiger partial charge in [0.15, 0.2) is 0 Å². The predicted molar refractivity (Wildman–Crippen MR) is 206 cm³/mol. The van der Waals surface area contributed by atoms with E-state index < -0.39 is 0 Å². The summed E-state index contributed by atoms with van der Waals surface area (Å²) in [6.07, 6.45) is 5.50. The summed E-state index contributed by atoms with van der Waals surface area (Å²) in [5.41, 5.74) is 9.84. The van der Waals surface area contributed by atoms with Crippen LogP contribution in [0.4, 0.5) is 0 Å². The van der Waals surface area contributed by atoms with E-state index in [1.54, 1.807) is 0 Å². The minimum Gasteiger partial charge on any atom is -0.458 e. The third kappa shape index (κ3) is 5.44. The first kappa shape index (κ1) is 30.6. The van der Waals surface area contributed by atoms with Crippen molar-refractivity contribution in [2.75, 3.05) is 0 Å². The number of imidazole rings is 1. The maximum atomic E-state index is 6.66. The Morgan fingerprint density at radius 1 is 0.627 bits per heavy atom. The summed E-state index contributed by atoms with van der Waals surface area (Å²) in [6.45, 7) is 6.72. The number of hydrogen-bond acceptors (Lipinski definition) is 2. The zero-order valence-corrected chi connectivity index (χ0v) is 28.8. The van der Waals surface area contributed by atoms with Crippen molar-refractivity contribution in [3.05, 3.63) is 176 Å². The normalized spacial score (nSPS) is 11.8. The van der Waals surface area contributed by atoms with Crippen molar-refractivity contribution >= 4 is 32.8 Å². The number of benzene rings is 6. The smallest absolute Gasteiger partial charge is 0.269 e. The molecule has 0 aliphatic heterocycles. The average Bonchev–Trinajstić information content (AvgIpc) is 3.72. The number of pyridine rings is 1. The molecule has 0 radical (unpaired) electrons. The fourth-order valence-electron chi connectivity index (χ4n) is 7.05. The van der Waals surface area contributed by atoms with Crippen molar-refractivity contribution in [3.8, 4) is 39.8 Å². The Morgan fingerprint density at radius 2 is 1.37 bits per heavy atom. The van der Waals surface area contributed by atoms with E-state index in [0.29, 0.717) is 0 Å². The van der Waals surface area contributed by atoms with Gasteiger partial charge in [-0.1, -0.05) is 118 Å². The highest BCUT2D eigenvalue weighted by molar-refractivity contribution is 6.14. The van der Waals surface area contributed by atoms with Crippen molar-refractivity contribution in [3.63, 3.8) is 0 Å². The van der Waals surface area contributed by atoms with E-state index in [0.717, 1.165) is 67.3 Å². The summed E-state index contributed by atoms with van der Waals surface area (Å²) in [4.78, 5) is 4.95. The van der Waals surface area contributed by atoms with E-state index in [1.165, 1.54) is 10.9 Å². The number of nitrogens with zero attached hydrogens (tertiary/aromatic N) is 4. The molecule has 5 nitrogen and oxygen atoms in total. The maximum absolute atomic E-state index is 6.66. The van der Waals surface area contributed by atoms with Gasteiger partial charge in [0.2, 0.25) is 0 Å². The molecule has 6 aromatic carbocycles. The van der Waals surface area contributed by atoms with Crippen LogP contribution >= 0.6 is 0 Å². The van der Waals surface area contributed by atoms with Gasteiger partial charge in [0, 0.05) is 28.6 Å². The average molecular weight is 661 g/mol. The summed E-state index contributed by atoms with van der Waals surface area (Å²) in [5, 5.41) is 2.32. The summed E-state index contributed by atoms with van der Waals surface area (Å²) < 4.78 is 13.2. The van der Waals surface area contributed by atoms with Gasteiger partial charge in [0.05, 0.1) is 33.4 Å². The largest absolute Gasteiger partial charge is 0.458 e. The summed E-state index contributed by atoms with van der Waals surface area (Å²) >= 11 is 0. The Morgan fingerprint density at radius 3 is 2.20 bits per heavy atom. The monoisotopic (exact) mass is 660 g/mol. The molecule has 51 heavy (non-hydrogen) atoms. The fourth-order valence-corrected chi connectivity index (χ4v) is 7.05. The second-order valence-corrected chi connectivity index (χ2v) is 13.9. The Balaban J connectivity index is 1.18. The summed E-state index contributed by atoms with van der Waals surface area (Å²) in [6, 6.07) is 54.7. The second-order valence-electron chi connectivity index (χ2n) is 13.9. The van der Waals surface area contributed by atoms with Crippen molar-refractivity contribution in [2.45, 2.75) is 26.2 Å². The molecule has 0 bridgehead atoms. The van der Waals surface area contributed by atoms with E-state index in [4.69, 9.17) is 9.72 Å². The molecule has 0 N–H and O–H groups in total. The van der Waals surface area contributed by atoms with Gasteiger partial charge in [0.25, 0.3) is 6.33 Å². The Bertz CT molecular complexity index is 2700. The number of ether oxygens (including phenoxy) is 1. The standard InChI is InChI=1S/C46H36N4O/c1-46(2,3)33-26-27-47-44(28-33)50-43-30-37(24-25-39(43)40-21-13-20-38(45(40)50)32-14-6-4-7-15-32)51-36-19-12-18-35(29-36)49-31-48(34-16-8-5-9-17-34)41-22-10-11-23-42(41)49/h4-30H,1-3H3. The van der Waals surface area contributed by atoms with Crippen LogP contribution in [-0.4, -0.2) is 14.1 Å². The van der Waals surface area contributed by atoms with E-state index in [1.807, 2.05) is 36.5 Å². The number of para-hydroxylation sites is 4. The predicted octanol–water partition coefficient (Wildman–Crippen LogP) is 11.0. The van der Waals surface area contributed by atoms with E-state index >= 15 is 0 Å². The van der Waals surface area contributed by atoms with Crippen LogP contribution in [0, 0.1) is 6.33 Å².